The van der Waals surface area contributed by atoms with E-state index in [2.05, 4.69) is 57.1 Å². The first-order valence-electron chi connectivity index (χ1n) is 10.8. The molecule has 0 radical (unpaired) electrons. The van der Waals surface area contributed by atoms with Crippen LogP contribution in [0.25, 0.3) is 33.3 Å². The zero-order valence-corrected chi connectivity index (χ0v) is 18.1. The molecule has 0 unspecified atom stereocenters. The molecular formula is C26H28N4O. The first kappa shape index (κ1) is 19.8. The summed E-state index contributed by atoms with van der Waals surface area (Å²) < 4.78 is 0. The Morgan fingerprint density at radius 2 is 1.71 bits per heavy atom. The number of aromatic hydroxyl groups is 1. The molecular weight excluding hydrogens is 384 g/mol. The molecule has 3 heterocycles. The van der Waals surface area contributed by atoms with Crippen LogP contribution in [0.3, 0.4) is 0 Å². The molecule has 5 heteroatoms. The molecule has 0 aliphatic carbocycles. The van der Waals surface area contributed by atoms with Crippen molar-refractivity contribution in [2.24, 2.45) is 0 Å². The second kappa shape index (κ2) is 8.17. The minimum atomic E-state index is 0.288. The number of H-pyrrole nitrogens is 1. The molecule has 1 saturated heterocycles. The highest BCUT2D eigenvalue weighted by molar-refractivity contribution is 5.96. The van der Waals surface area contributed by atoms with Gasteiger partial charge in [0.1, 0.15) is 11.4 Å². The van der Waals surface area contributed by atoms with Crippen LogP contribution in [0.5, 0.6) is 5.75 Å². The molecule has 31 heavy (non-hydrogen) atoms. The molecule has 1 fully saturated rings. The minimum absolute atomic E-state index is 0.288. The van der Waals surface area contributed by atoms with E-state index in [9.17, 15) is 5.11 Å². The molecule has 0 saturated carbocycles. The Morgan fingerprint density at radius 1 is 0.935 bits per heavy atom. The summed E-state index contributed by atoms with van der Waals surface area (Å²) in [4.78, 5) is 12.8. The van der Waals surface area contributed by atoms with E-state index in [0.717, 1.165) is 66.0 Å². The van der Waals surface area contributed by atoms with E-state index in [-0.39, 0.29) is 5.75 Å². The summed E-state index contributed by atoms with van der Waals surface area (Å²) in [5.41, 5.74) is 7.75. The predicted octanol–water partition coefficient (Wildman–Crippen LogP) is 4.66. The van der Waals surface area contributed by atoms with Crippen molar-refractivity contribution < 1.29 is 5.11 Å². The van der Waals surface area contributed by atoms with Gasteiger partial charge in [-0.3, -0.25) is 4.90 Å². The molecule has 1 aliphatic rings. The Kier molecular flexibility index (Phi) is 5.22. The highest BCUT2D eigenvalue weighted by Crippen LogP contribution is 2.34. The molecule has 2 N–H and O–H groups in total. The number of fused-ring (bicyclic) bond motifs is 1. The van der Waals surface area contributed by atoms with Crippen LogP contribution in [0, 0.1) is 6.92 Å². The number of phenols is 1. The summed E-state index contributed by atoms with van der Waals surface area (Å²) in [6.07, 6.45) is 3.93. The highest BCUT2D eigenvalue weighted by atomic mass is 16.3. The highest BCUT2D eigenvalue weighted by Gasteiger charge is 2.14. The number of aromatic nitrogens is 2. The number of hydrogen-bond donors (Lipinski definition) is 2. The van der Waals surface area contributed by atoms with Crippen molar-refractivity contribution in [1.29, 1.82) is 0 Å². The lowest BCUT2D eigenvalue weighted by molar-refractivity contribution is 0.148. The second-order valence-electron chi connectivity index (χ2n) is 8.60. The average Bonchev–Trinajstić information content (AvgIpc) is 3.19. The SMILES string of the molecule is Cc1cc(O)ccc1-c1c[nH]c2ncc(-c3ccc(CN4CCN(C)CC4)cc3)cc12. The smallest absolute Gasteiger partial charge is 0.137 e. The van der Waals surface area contributed by atoms with Crippen molar-refractivity contribution in [1.82, 2.24) is 19.8 Å². The van der Waals surface area contributed by atoms with Crippen LogP contribution >= 0.6 is 0 Å². The fourth-order valence-corrected chi connectivity index (χ4v) is 4.40. The summed E-state index contributed by atoms with van der Waals surface area (Å²) in [6, 6.07) is 16.6. The molecule has 0 spiro atoms. The number of aryl methyl sites for hydroxylation is 1. The lowest BCUT2D eigenvalue weighted by atomic mass is 9.98. The summed E-state index contributed by atoms with van der Waals surface area (Å²) in [7, 11) is 2.19. The van der Waals surface area contributed by atoms with Crippen LogP contribution in [0.15, 0.2) is 60.9 Å². The van der Waals surface area contributed by atoms with Gasteiger partial charge in [-0.05, 0) is 54.4 Å². The molecule has 4 aromatic rings. The van der Waals surface area contributed by atoms with Crippen LogP contribution < -0.4 is 0 Å². The van der Waals surface area contributed by atoms with E-state index in [4.69, 9.17) is 0 Å². The summed E-state index contributed by atoms with van der Waals surface area (Å²) >= 11 is 0. The molecule has 0 atom stereocenters. The van der Waals surface area contributed by atoms with Gasteiger partial charge in [-0.1, -0.05) is 30.3 Å². The van der Waals surface area contributed by atoms with Crippen LogP contribution in [0.4, 0.5) is 0 Å². The largest absolute Gasteiger partial charge is 0.508 e. The topological polar surface area (TPSA) is 55.4 Å². The summed E-state index contributed by atoms with van der Waals surface area (Å²) in [5, 5.41) is 10.8. The number of aromatic amines is 1. The monoisotopic (exact) mass is 412 g/mol. The Morgan fingerprint density at radius 3 is 2.45 bits per heavy atom. The first-order valence-corrected chi connectivity index (χ1v) is 10.8. The lowest BCUT2D eigenvalue weighted by Crippen LogP contribution is -2.43. The molecule has 2 aromatic heterocycles. The predicted molar refractivity (Wildman–Crippen MR) is 126 cm³/mol. The van der Waals surface area contributed by atoms with Gasteiger partial charge in [0.25, 0.3) is 0 Å². The van der Waals surface area contributed by atoms with Crippen molar-refractivity contribution in [3.05, 3.63) is 72.1 Å². The summed E-state index contributed by atoms with van der Waals surface area (Å²) in [5.74, 6) is 0.288. The van der Waals surface area contributed by atoms with Gasteiger partial charge in [0.15, 0.2) is 0 Å². The van der Waals surface area contributed by atoms with Crippen molar-refractivity contribution >= 4 is 11.0 Å². The van der Waals surface area contributed by atoms with Gasteiger partial charge in [0.2, 0.25) is 0 Å². The normalized spacial score (nSPS) is 15.5. The number of rotatable bonds is 4. The van der Waals surface area contributed by atoms with Crippen molar-refractivity contribution in [2.75, 3.05) is 33.2 Å². The maximum absolute atomic E-state index is 9.75. The van der Waals surface area contributed by atoms with E-state index < -0.39 is 0 Å². The summed E-state index contributed by atoms with van der Waals surface area (Å²) in [6.45, 7) is 7.57. The molecule has 5 nitrogen and oxygen atoms in total. The molecule has 5 rings (SSSR count). The third kappa shape index (κ3) is 4.07. The third-order valence-corrected chi connectivity index (χ3v) is 6.32. The van der Waals surface area contributed by atoms with Crippen molar-refractivity contribution in [2.45, 2.75) is 13.5 Å². The van der Waals surface area contributed by atoms with E-state index in [0.29, 0.717) is 0 Å². The van der Waals surface area contributed by atoms with E-state index in [1.54, 1.807) is 12.1 Å². The van der Waals surface area contributed by atoms with Crippen LogP contribution in [-0.4, -0.2) is 58.1 Å². The number of piperazine rings is 1. The van der Waals surface area contributed by atoms with E-state index in [1.807, 2.05) is 25.4 Å². The number of likely N-dealkylation sites (N-methyl/N-ethyl adjacent to an activating group) is 1. The Labute approximate surface area is 183 Å². The number of phenolic OH excluding ortho intramolecular Hbond substituents is 1. The number of nitrogens with one attached hydrogen (secondary N) is 1. The third-order valence-electron chi connectivity index (χ3n) is 6.32. The number of benzene rings is 2. The van der Waals surface area contributed by atoms with Gasteiger partial charge in [0, 0.05) is 61.6 Å². The Bertz CT molecular complexity index is 1200. The molecule has 1 aliphatic heterocycles. The zero-order valence-electron chi connectivity index (χ0n) is 18.1. The number of pyridine rings is 1. The van der Waals surface area contributed by atoms with Gasteiger partial charge in [-0.2, -0.15) is 0 Å². The van der Waals surface area contributed by atoms with Crippen LogP contribution in [0.2, 0.25) is 0 Å². The quantitative estimate of drug-likeness (QED) is 0.512. The maximum atomic E-state index is 9.75. The average molecular weight is 413 g/mol. The maximum Gasteiger partial charge on any atom is 0.137 e. The van der Waals surface area contributed by atoms with E-state index in [1.165, 1.54) is 11.1 Å². The Balaban J connectivity index is 1.41. The molecule has 158 valence electrons. The van der Waals surface area contributed by atoms with Crippen molar-refractivity contribution in [3.63, 3.8) is 0 Å². The zero-order chi connectivity index (χ0) is 21.4. The van der Waals surface area contributed by atoms with Gasteiger partial charge in [-0.15, -0.1) is 0 Å². The fourth-order valence-electron chi connectivity index (χ4n) is 4.40. The second-order valence-corrected chi connectivity index (χ2v) is 8.60. The number of nitrogens with zero attached hydrogens (tertiary/aromatic N) is 3. The van der Waals surface area contributed by atoms with E-state index >= 15 is 0 Å². The van der Waals surface area contributed by atoms with Gasteiger partial charge in [0.05, 0.1) is 0 Å². The standard InChI is InChI=1S/C26H28N4O/c1-18-13-22(31)7-8-23(18)25-16-28-26-24(25)14-21(15-27-26)20-5-3-19(4-6-20)17-30-11-9-29(2)10-12-30/h3-8,13-16,31H,9-12,17H2,1-2H3,(H,27,28). The molecule has 0 bridgehead atoms. The minimum Gasteiger partial charge on any atom is -0.508 e. The Hall–Kier alpha value is -3.15. The molecule has 0 amide bonds. The van der Waals surface area contributed by atoms with Crippen LogP contribution in [0.1, 0.15) is 11.1 Å². The lowest BCUT2D eigenvalue weighted by Gasteiger charge is -2.32. The van der Waals surface area contributed by atoms with Crippen molar-refractivity contribution in [3.8, 4) is 28.0 Å². The number of hydrogen-bond acceptors (Lipinski definition) is 4. The molecule has 2 aromatic carbocycles. The first-order chi connectivity index (χ1) is 15.1. The van der Waals surface area contributed by atoms with Gasteiger partial charge >= 0.3 is 0 Å². The van der Waals surface area contributed by atoms with Gasteiger partial charge in [-0.25, -0.2) is 4.98 Å². The van der Waals surface area contributed by atoms with Gasteiger partial charge < -0.3 is 15.0 Å². The van der Waals surface area contributed by atoms with Crippen LogP contribution in [-0.2, 0) is 6.54 Å². The fraction of sp³-hybridized carbons (Fsp3) is 0.269.